The summed E-state index contributed by atoms with van der Waals surface area (Å²) < 4.78 is 0. The van der Waals surface area contributed by atoms with Crippen molar-refractivity contribution in [2.45, 2.75) is 97.7 Å². The van der Waals surface area contributed by atoms with Crippen LogP contribution >= 0.6 is 0 Å². The summed E-state index contributed by atoms with van der Waals surface area (Å²) in [6.07, 6.45) is -38.4. The fourth-order valence-corrected chi connectivity index (χ4v) is 4.00. The van der Waals surface area contributed by atoms with E-state index in [1.54, 1.807) is 21.3 Å². The first kappa shape index (κ1) is 43.3. The summed E-state index contributed by atoms with van der Waals surface area (Å²) in [6, 6.07) is 0. The second kappa shape index (κ2) is 19.4. The van der Waals surface area contributed by atoms with Crippen LogP contribution in [-0.4, -0.2) is 229 Å². The third-order valence-electron chi connectivity index (χ3n) is 7.29. The fraction of sp³-hybridized carbons (Fsp3) is 0.833. The predicted molar refractivity (Wildman–Crippen MR) is 148 cm³/mol. The van der Waals surface area contributed by atoms with Crippen LogP contribution in [0.15, 0.2) is 0 Å². The van der Waals surface area contributed by atoms with Gasteiger partial charge in [-0.15, -0.1) is 0 Å². The molecule has 20 N–H and O–H groups in total. The molecular formula is C24H44N4O20. The van der Waals surface area contributed by atoms with Crippen LogP contribution in [0.1, 0.15) is 0 Å². The molecule has 4 amide bonds. The van der Waals surface area contributed by atoms with Crippen molar-refractivity contribution in [3.8, 4) is 0 Å². The number of rotatable bonds is 0. The van der Waals surface area contributed by atoms with Crippen LogP contribution in [-0.2, 0) is 19.2 Å². The lowest BCUT2D eigenvalue weighted by Gasteiger charge is -2.29. The van der Waals surface area contributed by atoms with E-state index in [-0.39, 0.29) is 0 Å². The van der Waals surface area contributed by atoms with Gasteiger partial charge < -0.3 is 103 Å². The molecule has 0 spiro atoms. The molecule has 1 aliphatic heterocycles. The Bertz CT molecular complexity index is 899. The van der Waals surface area contributed by atoms with Crippen LogP contribution in [0.2, 0.25) is 0 Å². The SMILES string of the molecule is O=C1NC[C@@H](O)[C@H](O)[C@H](O)[C@@H](O)C(=O)NC[C@@H](O)[C@H](O)[C@H](O)[C@@H](O)C(=O)NC[C@@H](O)[C@H](O)[C@H](O)[C@@H](O)C(=O)NC[C@@H](O)[C@H](O)[C@H](O)[C@H]1O. The highest BCUT2D eigenvalue weighted by Crippen LogP contribution is 2.11. The number of aliphatic hydroxyl groups is 16. The van der Waals surface area contributed by atoms with Crippen LogP contribution in [0.4, 0.5) is 0 Å². The van der Waals surface area contributed by atoms with Gasteiger partial charge in [0.15, 0.2) is 24.4 Å². The minimum absolute atomic E-state index is 1.02. The number of hydrogen-bond acceptors (Lipinski definition) is 20. The normalized spacial score (nSPS) is 43.5. The zero-order valence-electron chi connectivity index (χ0n) is 24.9. The number of carbonyl (C=O) groups is 4. The van der Waals surface area contributed by atoms with E-state index in [9.17, 15) is 101 Å². The molecule has 1 fully saturated rings. The van der Waals surface area contributed by atoms with E-state index < -0.39 is 147 Å². The molecule has 1 saturated heterocycles. The summed E-state index contributed by atoms with van der Waals surface area (Å²) >= 11 is 0. The molecule has 0 aromatic heterocycles. The van der Waals surface area contributed by atoms with E-state index in [4.69, 9.17) is 0 Å². The van der Waals surface area contributed by atoms with E-state index in [1.165, 1.54) is 0 Å². The van der Waals surface area contributed by atoms with Gasteiger partial charge in [0.05, 0.1) is 24.4 Å². The summed E-state index contributed by atoms with van der Waals surface area (Å²) in [4.78, 5) is 48.7. The lowest BCUT2D eigenvalue weighted by atomic mass is 9.99. The van der Waals surface area contributed by atoms with Crippen LogP contribution < -0.4 is 21.3 Å². The van der Waals surface area contributed by atoms with Crippen molar-refractivity contribution < 1.29 is 101 Å². The molecule has 0 aromatic carbocycles. The van der Waals surface area contributed by atoms with E-state index in [0.717, 1.165) is 0 Å². The molecule has 1 aliphatic rings. The summed E-state index contributed by atoms with van der Waals surface area (Å²) in [5.74, 6) is -6.14. The molecule has 24 nitrogen and oxygen atoms in total. The van der Waals surface area contributed by atoms with Crippen molar-refractivity contribution in [2.24, 2.45) is 0 Å². The Kier molecular flexibility index (Phi) is 17.5. The average molecular weight is 709 g/mol. The van der Waals surface area contributed by atoms with Gasteiger partial charge in [-0.25, -0.2) is 0 Å². The minimum Gasteiger partial charge on any atom is -0.388 e. The fourth-order valence-electron chi connectivity index (χ4n) is 4.00. The average Bonchev–Trinajstić information content (AvgIpc) is 3.08. The summed E-state index contributed by atoms with van der Waals surface area (Å²) in [6.45, 7) is -4.10. The van der Waals surface area contributed by atoms with Gasteiger partial charge in [0.25, 0.3) is 23.6 Å². The number of β-amino-alcohol motifs (C(OH)–C–C–N with tert-alkyl or cyclic N) is 4. The van der Waals surface area contributed by atoms with E-state index in [2.05, 4.69) is 0 Å². The monoisotopic (exact) mass is 708 g/mol. The van der Waals surface area contributed by atoms with Gasteiger partial charge in [-0.2, -0.15) is 0 Å². The number of aliphatic hydroxyl groups excluding tert-OH is 16. The molecule has 24 heteroatoms. The van der Waals surface area contributed by atoms with Crippen LogP contribution in [0.3, 0.4) is 0 Å². The molecule has 0 unspecified atom stereocenters. The van der Waals surface area contributed by atoms with E-state index >= 15 is 0 Å². The maximum atomic E-state index is 12.2. The Hall–Kier alpha value is -2.76. The van der Waals surface area contributed by atoms with E-state index in [1.807, 2.05) is 0 Å². The van der Waals surface area contributed by atoms with E-state index in [0.29, 0.717) is 0 Å². The van der Waals surface area contributed by atoms with Crippen LogP contribution in [0.5, 0.6) is 0 Å². The predicted octanol–water partition coefficient (Wildman–Crippen LogP) is -13.8. The standard InChI is InChI=1S/C24H44N4O20/c29-5-1-25-21(45)17(41)14(38)10(34)6(30)2-27-23(47)19(43)16(40)12(36)8(32)4-28-24(48)20(44)15(39)11(35)7(31)3-26-22(46)18(42)13(37)9(5)33/h5-20,29-44H,1-4H2,(H,25,45)(H,26,46)(H,27,47)(H,28,48)/t5-,6-,7-,8-,9+,10+,11+,12+,13+,14+,15+,16+,17-,18-,19-,20-/m1/s1. The number of amides is 4. The Morgan fingerprint density at radius 3 is 0.583 bits per heavy atom. The molecule has 0 saturated carbocycles. The maximum absolute atomic E-state index is 12.2. The van der Waals surface area contributed by atoms with Gasteiger partial charge in [0.1, 0.15) is 48.8 Å². The lowest BCUT2D eigenvalue weighted by Crippen LogP contribution is -2.58. The first-order chi connectivity index (χ1) is 22.1. The van der Waals surface area contributed by atoms with Crippen LogP contribution in [0, 0.1) is 0 Å². The highest BCUT2D eigenvalue weighted by molar-refractivity contribution is 5.82. The third kappa shape index (κ3) is 11.7. The minimum atomic E-state index is -2.55. The third-order valence-corrected chi connectivity index (χ3v) is 7.29. The molecule has 1 heterocycles. The number of carbonyl (C=O) groups excluding carboxylic acids is 4. The van der Waals surface area contributed by atoms with Crippen molar-refractivity contribution in [2.75, 3.05) is 26.2 Å². The lowest BCUT2D eigenvalue weighted by molar-refractivity contribution is -0.154. The Morgan fingerprint density at radius 2 is 0.438 bits per heavy atom. The van der Waals surface area contributed by atoms with Crippen molar-refractivity contribution in [1.29, 1.82) is 0 Å². The highest BCUT2D eigenvalue weighted by Gasteiger charge is 2.40. The van der Waals surface area contributed by atoms with Crippen molar-refractivity contribution in [1.82, 2.24) is 21.3 Å². The Labute approximate surface area is 270 Å². The number of nitrogens with one attached hydrogen (secondary N) is 4. The molecular weight excluding hydrogens is 664 g/mol. The van der Waals surface area contributed by atoms with Gasteiger partial charge in [0, 0.05) is 26.2 Å². The first-order valence-electron chi connectivity index (χ1n) is 14.1. The summed E-state index contributed by atoms with van der Waals surface area (Å²) in [5.41, 5.74) is 0. The molecule has 0 bridgehead atoms. The largest absolute Gasteiger partial charge is 0.388 e. The molecule has 0 aliphatic carbocycles. The Morgan fingerprint density at radius 1 is 0.292 bits per heavy atom. The summed E-state index contributed by atoms with van der Waals surface area (Å²) in [5, 5.41) is 168. The molecule has 48 heavy (non-hydrogen) atoms. The summed E-state index contributed by atoms with van der Waals surface area (Å²) in [7, 11) is 0. The molecule has 0 aromatic rings. The van der Waals surface area contributed by atoms with Crippen LogP contribution in [0.25, 0.3) is 0 Å². The van der Waals surface area contributed by atoms with Crippen molar-refractivity contribution in [3.63, 3.8) is 0 Å². The van der Waals surface area contributed by atoms with Gasteiger partial charge in [-0.3, -0.25) is 19.2 Å². The Balaban J connectivity index is 3.18. The quantitative estimate of drug-likeness (QED) is 0.111. The maximum Gasteiger partial charge on any atom is 0.251 e. The molecule has 1 rings (SSSR count). The zero-order chi connectivity index (χ0) is 37.2. The van der Waals surface area contributed by atoms with Gasteiger partial charge in [-0.1, -0.05) is 0 Å². The molecule has 280 valence electrons. The molecule has 16 atom stereocenters. The molecule has 0 radical (unpaired) electrons. The smallest absolute Gasteiger partial charge is 0.251 e. The zero-order valence-corrected chi connectivity index (χ0v) is 24.9. The second-order valence-electron chi connectivity index (χ2n) is 11.0. The van der Waals surface area contributed by atoms with Crippen molar-refractivity contribution >= 4 is 23.6 Å². The van der Waals surface area contributed by atoms with Gasteiger partial charge in [0.2, 0.25) is 0 Å². The topological polar surface area (TPSA) is 440 Å². The first-order valence-corrected chi connectivity index (χ1v) is 14.1. The van der Waals surface area contributed by atoms with Gasteiger partial charge >= 0.3 is 0 Å². The highest BCUT2D eigenvalue weighted by atomic mass is 16.4. The van der Waals surface area contributed by atoms with Crippen molar-refractivity contribution in [3.05, 3.63) is 0 Å². The second-order valence-corrected chi connectivity index (χ2v) is 11.0. The van der Waals surface area contributed by atoms with Gasteiger partial charge in [-0.05, 0) is 0 Å². The number of hydrogen-bond donors (Lipinski definition) is 20.